The zero-order valence-electron chi connectivity index (χ0n) is 11.9. The van der Waals surface area contributed by atoms with Crippen LogP contribution in [0.2, 0.25) is 0 Å². The molecule has 2 aromatic heterocycles. The Morgan fingerprint density at radius 1 is 1.50 bits per heavy atom. The van der Waals surface area contributed by atoms with Gasteiger partial charge in [-0.1, -0.05) is 0 Å². The molecule has 132 valence electrons. The van der Waals surface area contributed by atoms with Crippen molar-refractivity contribution in [1.82, 2.24) is 19.5 Å². The van der Waals surface area contributed by atoms with Gasteiger partial charge in [0.05, 0.1) is 12.9 Å². The van der Waals surface area contributed by atoms with E-state index in [-0.39, 0.29) is 17.1 Å². The second-order valence-electron chi connectivity index (χ2n) is 5.07. The van der Waals surface area contributed by atoms with E-state index in [1.54, 1.807) is 0 Å². The van der Waals surface area contributed by atoms with Crippen LogP contribution in [-0.4, -0.2) is 64.4 Å². The molecule has 14 heteroatoms. The Balaban J connectivity index is 2.09. The average Bonchev–Trinajstić information content (AvgIpc) is 3.00. The number of aliphatic hydroxyl groups is 2. The number of nitrogen functional groups attached to an aromatic ring is 1. The van der Waals surface area contributed by atoms with Gasteiger partial charge in [0.2, 0.25) is 5.95 Å². The summed E-state index contributed by atoms with van der Waals surface area (Å²) in [5, 5.41) is 19.3. The maximum atomic E-state index is 11.8. The number of anilines is 1. The number of nitrogens with one attached hydrogen (secondary N) is 1. The number of hydrogen-bond donors (Lipinski definition) is 6. The number of ether oxygens (including phenoxy) is 1. The molecule has 0 amide bonds. The van der Waals surface area contributed by atoms with E-state index in [9.17, 15) is 19.6 Å². The van der Waals surface area contributed by atoms with Crippen molar-refractivity contribution in [3.05, 3.63) is 16.7 Å². The zero-order chi connectivity index (χ0) is 17.6. The minimum atomic E-state index is -4.98. The summed E-state index contributed by atoms with van der Waals surface area (Å²) >= 11 is 0. The molecule has 1 saturated heterocycles. The Hall–Kier alpha value is -1.86. The largest absolute Gasteiger partial charge is 0.470 e. The Labute approximate surface area is 132 Å². The molecule has 0 aliphatic carbocycles. The van der Waals surface area contributed by atoms with Gasteiger partial charge < -0.3 is 30.5 Å². The number of hydrogen-bond acceptors (Lipinski definition) is 9. The standard InChI is InChI=1S/C10H14N5O8P/c11-10-13-7-4(8(18)14-10)12-2-15(7)9-6(23-24(19,20)21)5(17)3(1-16)22-9/h2-3,5-6,9,16-17H,1H2,(H2,19,20,21)(H3,11,13,14,18)/t3-,5?,6?,9-/m1/s1. The number of H-pyrrole nitrogens is 1. The molecule has 2 unspecified atom stereocenters. The van der Waals surface area contributed by atoms with Gasteiger partial charge in [0, 0.05) is 0 Å². The van der Waals surface area contributed by atoms with Crippen LogP contribution in [0.25, 0.3) is 11.2 Å². The molecule has 2 aromatic rings. The van der Waals surface area contributed by atoms with Gasteiger partial charge in [-0.15, -0.1) is 0 Å². The zero-order valence-corrected chi connectivity index (χ0v) is 12.8. The minimum absolute atomic E-state index is 0.0358. The topological polar surface area (TPSA) is 206 Å². The number of phosphoric acid groups is 1. The summed E-state index contributed by atoms with van der Waals surface area (Å²) in [5.41, 5.74) is 4.72. The molecule has 0 spiro atoms. The lowest BCUT2D eigenvalue weighted by atomic mass is 10.1. The molecule has 0 aromatic carbocycles. The fraction of sp³-hybridized carbons (Fsp3) is 0.500. The molecule has 3 heterocycles. The summed E-state index contributed by atoms with van der Waals surface area (Å²) in [7, 11) is -4.98. The summed E-state index contributed by atoms with van der Waals surface area (Å²) in [4.78, 5) is 39.8. The quantitative estimate of drug-likeness (QED) is 0.311. The van der Waals surface area contributed by atoms with Crippen molar-refractivity contribution in [2.24, 2.45) is 0 Å². The normalized spacial score (nSPS) is 27.8. The van der Waals surface area contributed by atoms with Gasteiger partial charge in [-0.3, -0.25) is 18.9 Å². The number of aliphatic hydroxyl groups excluding tert-OH is 2. The molecule has 3 rings (SSSR count). The highest BCUT2D eigenvalue weighted by Crippen LogP contribution is 2.44. The first-order chi connectivity index (χ1) is 11.2. The molecule has 4 atom stereocenters. The van der Waals surface area contributed by atoms with Gasteiger partial charge in [-0.25, -0.2) is 9.55 Å². The van der Waals surface area contributed by atoms with Crippen LogP contribution in [0.4, 0.5) is 5.95 Å². The predicted molar refractivity (Wildman–Crippen MR) is 76.5 cm³/mol. The van der Waals surface area contributed by atoms with Crippen LogP contribution >= 0.6 is 7.82 Å². The van der Waals surface area contributed by atoms with Gasteiger partial charge in [0.25, 0.3) is 5.56 Å². The summed E-state index contributed by atoms with van der Waals surface area (Å²) in [5.74, 6) is -0.209. The maximum absolute atomic E-state index is 11.8. The smallest absolute Gasteiger partial charge is 0.394 e. The van der Waals surface area contributed by atoms with Crippen LogP contribution in [0.3, 0.4) is 0 Å². The molecular formula is C10H14N5O8P. The minimum Gasteiger partial charge on any atom is -0.394 e. The van der Waals surface area contributed by atoms with Crippen molar-refractivity contribution < 1.29 is 33.8 Å². The van der Waals surface area contributed by atoms with Crippen LogP contribution in [0.5, 0.6) is 0 Å². The molecule has 0 radical (unpaired) electrons. The number of imidazole rings is 1. The fourth-order valence-electron chi connectivity index (χ4n) is 2.49. The molecule has 1 aliphatic heterocycles. The first-order valence-electron chi connectivity index (χ1n) is 6.62. The van der Waals surface area contributed by atoms with Crippen molar-refractivity contribution >= 4 is 24.9 Å². The molecule has 0 saturated carbocycles. The molecule has 1 fully saturated rings. The number of aromatic nitrogens is 4. The van der Waals surface area contributed by atoms with E-state index >= 15 is 0 Å². The number of nitrogens with zero attached hydrogens (tertiary/aromatic N) is 3. The first-order valence-corrected chi connectivity index (χ1v) is 8.15. The van der Waals surface area contributed by atoms with Crippen LogP contribution < -0.4 is 11.3 Å². The third kappa shape index (κ3) is 2.93. The van der Waals surface area contributed by atoms with Crippen molar-refractivity contribution in [2.75, 3.05) is 12.3 Å². The number of fused-ring (bicyclic) bond motifs is 1. The maximum Gasteiger partial charge on any atom is 0.470 e. The Bertz CT molecular complexity index is 861. The molecular weight excluding hydrogens is 349 g/mol. The van der Waals surface area contributed by atoms with E-state index in [1.807, 2.05) is 0 Å². The van der Waals surface area contributed by atoms with E-state index in [0.717, 1.165) is 10.9 Å². The Morgan fingerprint density at radius 2 is 2.21 bits per heavy atom. The predicted octanol–water partition coefficient (Wildman–Crippen LogP) is -2.57. The van der Waals surface area contributed by atoms with Crippen LogP contribution in [0.15, 0.2) is 11.1 Å². The van der Waals surface area contributed by atoms with Crippen molar-refractivity contribution in [1.29, 1.82) is 0 Å². The summed E-state index contributed by atoms with van der Waals surface area (Å²) in [6, 6.07) is 0. The van der Waals surface area contributed by atoms with Crippen LogP contribution in [0.1, 0.15) is 6.23 Å². The van der Waals surface area contributed by atoms with Crippen molar-refractivity contribution in [3.63, 3.8) is 0 Å². The van der Waals surface area contributed by atoms with Crippen molar-refractivity contribution in [3.8, 4) is 0 Å². The van der Waals surface area contributed by atoms with E-state index in [1.165, 1.54) is 0 Å². The number of nitrogens with two attached hydrogens (primary N) is 1. The van der Waals surface area contributed by atoms with Gasteiger partial charge >= 0.3 is 7.82 Å². The lowest BCUT2D eigenvalue weighted by molar-refractivity contribution is -0.0505. The summed E-state index contributed by atoms with van der Waals surface area (Å²) in [6.45, 7) is -0.624. The Morgan fingerprint density at radius 3 is 2.83 bits per heavy atom. The number of aromatic amines is 1. The summed E-state index contributed by atoms with van der Waals surface area (Å²) < 4.78 is 22.2. The van der Waals surface area contributed by atoms with Crippen molar-refractivity contribution in [2.45, 2.75) is 24.5 Å². The second-order valence-corrected chi connectivity index (χ2v) is 6.27. The third-order valence-corrected chi connectivity index (χ3v) is 3.99. The third-order valence-electron chi connectivity index (χ3n) is 3.48. The SMILES string of the molecule is Nc1nc2c(ncn2[C@@H]2O[C@H](CO)C(O)C2OP(=O)(O)O)c(=O)[nH]1. The number of phosphoric ester groups is 1. The lowest BCUT2D eigenvalue weighted by Gasteiger charge is -2.22. The van der Waals surface area contributed by atoms with E-state index < -0.39 is 44.5 Å². The first kappa shape index (κ1) is 17.0. The molecule has 0 bridgehead atoms. The van der Waals surface area contributed by atoms with E-state index in [2.05, 4.69) is 19.5 Å². The monoisotopic (exact) mass is 363 g/mol. The van der Waals surface area contributed by atoms with Gasteiger partial charge in [-0.2, -0.15) is 4.98 Å². The van der Waals surface area contributed by atoms with Crippen LogP contribution in [-0.2, 0) is 13.8 Å². The van der Waals surface area contributed by atoms with Gasteiger partial charge in [0.15, 0.2) is 17.4 Å². The molecule has 24 heavy (non-hydrogen) atoms. The van der Waals surface area contributed by atoms with E-state index in [4.69, 9.17) is 20.3 Å². The molecule has 13 nitrogen and oxygen atoms in total. The average molecular weight is 363 g/mol. The van der Waals surface area contributed by atoms with Gasteiger partial charge in [-0.05, 0) is 0 Å². The van der Waals surface area contributed by atoms with Crippen LogP contribution in [0, 0.1) is 0 Å². The van der Waals surface area contributed by atoms with E-state index in [0.29, 0.717) is 0 Å². The number of rotatable bonds is 4. The lowest BCUT2D eigenvalue weighted by Crippen LogP contribution is -2.34. The molecule has 7 N–H and O–H groups in total. The highest BCUT2D eigenvalue weighted by atomic mass is 31.2. The highest BCUT2D eigenvalue weighted by Gasteiger charge is 2.48. The summed E-state index contributed by atoms with van der Waals surface area (Å²) in [6.07, 6.45) is -4.42. The van der Waals surface area contributed by atoms with Gasteiger partial charge in [0.1, 0.15) is 18.3 Å². The fourth-order valence-corrected chi connectivity index (χ4v) is 3.04. The highest BCUT2D eigenvalue weighted by molar-refractivity contribution is 7.46. The second kappa shape index (κ2) is 5.89. The molecule has 1 aliphatic rings. The Kier molecular flexibility index (Phi) is 4.17.